The summed E-state index contributed by atoms with van der Waals surface area (Å²) in [4.78, 5) is 14.7. The fraction of sp³-hybridized carbons (Fsp3) is 0.500. The predicted molar refractivity (Wildman–Crippen MR) is 52.8 cm³/mol. The number of carbonyl (C=O) groups is 1. The van der Waals surface area contributed by atoms with Crippen LogP contribution >= 0.6 is 17.0 Å². The molecule has 0 fully saturated rings. The van der Waals surface area contributed by atoms with Crippen LogP contribution in [0.5, 0.6) is 0 Å². The second kappa shape index (κ2) is 5.94. The number of rotatable bonds is 2. The van der Waals surface area contributed by atoms with Gasteiger partial charge in [-0.1, -0.05) is 0 Å². The highest BCUT2D eigenvalue weighted by Gasteiger charge is 2.06. The minimum absolute atomic E-state index is 0. The smallest absolute Gasteiger partial charge is 0.309 e. The normalized spacial score (nSPS) is 14.6. The molecule has 0 aliphatic carbocycles. The number of carbonyl (C=O) groups excluding carboxylic acids is 1. The van der Waals surface area contributed by atoms with Crippen molar-refractivity contribution in [3.63, 3.8) is 0 Å². The zero-order valence-electron chi connectivity index (χ0n) is 6.95. The molecule has 68 valence electrons. The molecule has 1 aliphatic rings. The Bertz CT molecular complexity index is 211. The van der Waals surface area contributed by atoms with Gasteiger partial charge in [-0.3, -0.25) is 9.79 Å². The Balaban J connectivity index is 0.00000121. The van der Waals surface area contributed by atoms with Gasteiger partial charge in [-0.25, -0.2) is 0 Å². The van der Waals surface area contributed by atoms with Crippen molar-refractivity contribution in [2.45, 2.75) is 19.3 Å². The Morgan fingerprint density at radius 3 is 3.00 bits per heavy atom. The van der Waals surface area contributed by atoms with E-state index in [0.717, 1.165) is 18.4 Å². The van der Waals surface area contributed by atoms with E-state index in [1.165, 1.54) is 7.11 Å². The van der Waals surface area contributed by atoms with Crippen LogP contribution in [0.3, 0.4) is 0 Å². The van der Waals surface area contributed by atoms with Crippen LogP contribution in [0.1, 0.15) is 19.3 Å². The summed E-state index contributed by atoms with van der Waals surface area (Å²) in [5, 5.41) is 0. The van der Waals surface area contributed by atoms with Crippen molar-refractivity contribution < 1.29 is 9.53 Å². The van der Waals surface area contributed by atoms with Gasteiger partial charge in [0.25, 0.3) is 0 Å². The Morgan fingerprint density at radius 1 is 1.75 bits per heavy atom. The highest BCUT2D eigenvalue weighted by atomic mass is 79.9. The number of esters is 1. The van der Waals surface area contributed by atoms with Crippen LogP contribution in [0.15, 0.2) is 16.8 Å². The molecule has 0 bridgehead atoms. The van der Waals surface area contributed by atoms with E-state index >= 15 is 0 Å². The summed E-state index contributed by atoms with van der Waals surface area (Å²) < 4.78 is 4.52. The predicted octanol–water partition coefficient (Wildman–Crippen LogP) is 1.88. The molecule has 0 saturated carbocycles. The third-order valence-corrected chi connectivity index (χ3v) is 1.56. The first-order chi connectivity index (χ1) is 5.33. The maximum Gasteiger partial charge on any atom is 0.309 e. The summed E-state index contributed by atoms with van der Waals surface area (Å²) in [7, 11) is 1.40. The van der Waals surface area contributed by atoms with E-state index in [1.807, 2.05) is 6.21 Å². The molecule has 0 N–H and O–H groups in total. The van der Waals surface area contributed by atoms with E-state index in [4.69, 9.17) is 0 Å². The summed E-state index contributed by atoms with van der Waals surface area (Å²) in [6, 6.07) is 0. The van der Waals surface area contributed by atoms with Crippen molar-refractivity contribution in [1.29, 1.82) is 0 Å². The van der Waals surface area contributed by atoms with Gasteiger partial charge < -0.3 is 4.74 Å². The minimum Gasteiger partial charge on any atom is -0.469 e. The number of nitrogens with zero attached hydrogens (tertiary/aromatic N) is 1. The largest absolute Gasteiger partial charge is 0.469 e. The molecule has 0 aromatic rings. The topological polar surface area (TPSA) is 38.7 Å². The molecule has 1 aliphatic heterocycles. The molecule has 0 radical (unpaired) electrons. The SMILES string of the molecule is Br.COC(=O)CC1=CN=CCC1. The molecule has 0 atom stereocenters. The third kappa shape index (κ3) is 3.67. The zero-order chi connectivity index (χ0) is 8.10. The van der Waals surface area contributed by atoms with E-state index in [9.17, 15) is 4.79 Å². The second-order valence-corrected chi connectivity index (χ2v) is 2.41. The van der Waals surface area contributed by atoms with Gasteiger partial charge in [0.05, 0.1) is 13.5 Å². The fourth-order valence-electron chi connectivity index (χ4n) is 0.939. The summed E-state index contributed by atoms with van der Waals surface area (Å²) in [5.41, 5.74) is 1.05. The first-order valence-corrected chi connectivity index (χ1v) is 3.59. The molecule has 1 rings (SSSR count). The maximum absolute atomic E-state index is 10.8. The van der Waals surface area contributed by atoms with Crippen molar-refractivity contribution in [3.05, 3.63) is 11.8 Å². The van der Waals surface area contributed by atoms with Crippen LogP contribution < -0.4 is 0 Å². The van der Waals surface area contributed by atoms with Gasteiger partial charge in [-0.05, 0) is 18.4 Å². The molecule has 0 aromatic carbocycles. The summed E-state index contributed by atoms with van der Waals surface area (Å²) in [6.07, 6.45) is 5.83. The molecule has 0 unspecified atom stereocenters. The van der Waals surface area contributed by atoms with Crippen LogP contribution in [0.25, 0.3) is 0 Å². The molecule has 0 amide bonds. The molecule has 1 heterocycles. The molecule has 12 heavy (non-hydrogen) atoms. The fourth-order valence-corrected chi connectivity index (χ4v) is 0.939. The first-order valence-electron chi connectivity index (χ1n) is 3.59. The average molecular weight is 234 g/mol. The lowest BCUT2D eigenvalue weighted by molar-refractivity contribution is -0.139. The lowest BCUT2D eigenvalue weighted by atomic mass is 10.1. The molecule has 0 aromatic heterocycles. The molecular formula is C8H12BrNO2. The molecule has 4 heteroatoms. The van der Waals surface area contributed by atoms with Gasteiger partial charge in [0.2, 0.25) is 0 Å². The number of halogens is 1. The van der Waals surface area contributed by atoms with E-state index in [2.05, 4.69) is 9.73 Å². The molecular weight excluding hydrogens is 222 g/mol. The lowest BCUT2D eigenvalue weighted by Gasteiger charge is -2.05. The Hall–Kier alpha value is -0.640. The van der Waals surface area contributed by atoms with Crippen molar-refractivity contribution in [2.24, 2.45) is 4.99 Å². The number of ether oxygens (including phenoxy) is 1. The highest BCUT2D eigenvalue weighted by molar-refractivity contribution is 8.93. The van der Waals surface area contributed by atoms with Crippen LogP contribution in [0.4, 0.5) is 0 Å². The number of methoxy groups -OCH3 is 1. The summed E-state index contributed by atoms with van der Waals surface area (Å²) in [6.45, 7) is 0. The number of hydrogen-bond donors (Lipinski definition) is 0. The van der Waals surface area contributed by atoms with Crippen molar-refractivity contribution in [3.8, 4) is 0 Å². The van der Waals surface area contributed by atoms with Crippen LogP contribution in [-0.2, 0) is 9.53 Å². The maximum atomic E-state index is 10.8. The third-order valence-electron chi connectivity index (χ3n) is 1.56. The van der Waals surface area contributed by atoms with Gasteiger partial charge in [-0.15, -0.1) is 17.0 Å². The monoisotopic (exact) mass is 233 g/mol. The zero-order valence-corrected chi connectivity index (χ0v) is 8.66. The Morgan fingerprint density at radius 2 is 2.50 bits per heavy atom. The van der Waals surface area contributed by atoms with Gasteiger partial charge in [-0.2, -0.15) is 0 Å². The Labute approximate surface area is 82.3 Å². The van der Waals surface area contributed by atoms with Crippen molar-refractivity contribution in [1.82, 2.24) is 0 Å². The van der Waals surface area contributed by atoms with Gasteiger partial charge in [0, 0.05) is 12.4 Å². The quantitative estimate of drug-likeness (QED) is 0.684. The van der Waals surface area contributed by atoms with E-state index in [-0.39, 0.29) is 23.0 Å². The summed E-state index contributed by atoms with van der Waals surface area (Å²) in [5.74, 6) is -0.187. The van der Waals surface area contributed by atoms with E-state index in [1.54, 1.807) is 6.20 Å². The standard InChI is InChI=1S/C8H11NO2.BrH/c1-11-8(10)5-7-3-2-4-9-6-7;/h4,6H,2-3,5H2,1H3;1H. The average Bonchev–Trinajstić information content (AvgIpc) is 2.06. The highest BCUT2D eigenvalue weighted by Crippen LogP contribution is 2.13. The molecule has 3 nitrogen and oxygen atoms in total. The van der Waals surface area contributed by atoms with E-state index in [0.29, 0.717) is 6.42 Å². The van der Waals surface area contributed by atoms with Gasteiger partial charge in [0.1, 0.15) is 0 Å². The van der Waals surface area contributed by atoms with Crippen LogP contribution in [0, 0.1) is 0 Å². The molecule has 0 saturated heterocycles. The van der Waals surface area contributed by atoms with Crippen molar-refractivity contribution in [2.75, 3.05) is 7.11 Å². The summed E-state index contributed by atoms with van der Waals surface area (Å²) >= 11 is 0. The number of aliphatic imine (C=N–C) groups is 1. The second-order valence-electron chi connectivity index (χ2n) is 2.41. The van der Waals surface area contributed by atoms with E-state index < -0.39 is 0 Å². The lowest BCUT2D eigenvalue weighted by Crippen LogP contribution is -2.03. The van der Waals surface area contributed by atoms with Crippen LogP contribution in [-0.4, -0.2) is 19.3 Å². The minimum atomic E-state index is -0.187. The van der Waals surface area contributed by atoms with Crippen LogP contribution in [0.2, 0.25) is 0 Å². The number of hydrogen-bond acceptors (Lipinski definition) is 3. The van der Waals surface area contributed by atoms with Crippen molar-refractivity contribution >= 4 is 29.2 Å². The Kier molecular flexibility index (Phi) is 5.62. The van der Waals surface area contributed by atoms with Gasteiger partial charge >= 0.3 is 5.97 Å². The first kappa shape index (κ1) is 11.4. The molecule has 0 spiro atoms. The van der Waals surface area contributed by atoms with Gasteiger partial charge in [0.15, 0.2) is 0 Å².